The highest BCUT2D eigenvalue weighted by Crippen LogP contribution is 2.54. The summed E-state index contributed by atoms with van der Waals surface area (Å²) in [6, 6.07) is 0.180. The van der Waals surface area contributed by atoms with Crippen LogP contribution in [-0.4, -0.2) is 34.2 Å². The lowest BCUT2D eigenvalue weighted by Crippen LogP contribution is -2.58. The lowest BCUT2D eigenvalue weighted by Gasteiger charge is -2.47. The Bertz CT molecular complexity index is 293. The van der Waals surface area contributed by atoms with E-state index in [0.717, 1.165) is 12.8 Å². The van der Waals surface area contributed by atoms with Gasteiger partial charge in [0.2, 0.25) is 0 Å². The monoisotopic (exact) mass is 212 g/mol. The van der Waals surface area contributed by atoms with Crippen molar-refractivity contribution in [3.63, 3.8) is 0 Å². The van der Waals surface area contributed by atoms with Gasteiger partial charge in [0.15, 0.2) is 0 Å². The molecule has 1 heterocycles. The van der Waals surface area contributed by atoms with Gasteiger partial charge < -0.3 is 15.7 Å². The Morgan fingerprint density at radius 2 is 2.07 bits per heavy atom. The number of fused-ring (bicyclic) bond motifs is 2. The predicted octanol–water partition coefficient (Wildman–Crippen LogP) is 1.50. The topological polar surface area (TPSA) is 66.6 Å². The number of amides is 1. The Balaban J connectivity index is 2.37. The minimum Gasteiger partial charge on any atom is -0.465 e. The van der Waals surface area contributed by atoms with Crippen LogP contribution in [0, 0.1) is 11.3 Å². The number of nitrogens with two attached hydrogens (primary N) is 1. The molecule has 0 unspecified atom stereocenters. The Morgan fingerprint density at radius 3 is 2.47 bits per heavy atom. The first kappa shape index (κ1) is 10.7. The maximum atomic E-state index is 11.2. The molecule has 0 aromatic rings. The second-order valence-electron chi connectivity index (χ2n) is 6.01. The van der Waals surface area contributed by atoms with Crippen LogP contribution in [0.5, 0.6) is 0 Å². The molecule has 1 aliphatic carbocycles. The quantitative estimate of drug-likeness (QED) is 0.639. The molecule has 0 spiro atoms. The fourth-order valence-electron chi connectivity index (χ4n) is 3.33. The van der Waals surface area contributed by atoms with Crippen molar-refractivity contribution in [2.24, 2.45) is 17.1 Å². The van der Waals surface area contributed by atoms with Gasteiger partial charge in [-0.2, -0.15) is 0 Å². The molecular formula is C11H20N2O2. The zero-order valence-electron chi connectivity index (χ0n) is 9.66. The molecule has 0 aromatic carbocycles. The summed E-state index contributed by atoms with van der Waals surface area (Å²) in [6.45, 7) is 6.96. The SMILES string of the molecule is CC(C)(C)[C@]12C[C@H](CN1C(=O)O)[C@H](N)C2. The van der Waals surface area contributed by atoms with E-state index in [1.54, 1.807) is 4.90 Å². The smallest absolute Gasteiger partial charge is 0.407 e. The molecule has 1 saturated carbocycles. The van der Waals surface area contributed by atoms with Gasteiger partial charge >= 0.3 is 6.09 Å². The summed E-state index contributed by atoms with van der Waals surface area (Å²) in [4.78, 5) is 12.9. The third-order valence-corrected chi connectivity index (χ3v) is 4.34. The lowest BCUT2D eigenvalue weighted by molar-refractivity contribution is 0.0200. The van der Waals surface area contributed by atoms with Gasteiger partial charge in [0.05, 0.1) is 5.54 Å². The minimum atomic E-state index is -0.792. The van der Waals surface area contributed by atoms with Crippen molar-refractivity contribution in [2.75, 3.05) is 6.54 Å². The van der Waals surface area contributed by atoms with E-state index in [-0.39, 0.29) is 17.0 Å². The second kappa shape index (κ2) is 2.88. The van der Waals surface area contributed by atoms with Crippen molar-refractivity contribution in [1.82, 2.24) is 4.90 Å². The fourth-order valence-corrected chi connectivity index (χ4v) is 3.33. The van der Waals surface area contributed by atoms with E-state index < -0.39 is 6.09 Å². The Kier molecular flexibility index (Phi) is 2.06. The van der Waals surface area contributed by atoms with Gasteiger partial charge in [-0.1, -0.05) is 20.8 Å². The van der Waals surface area contributed by atoms with E-state index in [0.29, 0.717) is 12.5 Å². The van der Waals surface area contributed by atoms with E-state index in [4.69, 9.17) is 5.73 Å². The molecule has 15 heavy (non-hydrogen) atoms. The highest BCUT2D eigenvalue weighted by molar-refractivity contribution is 5.67. The normalized spacial score (nSPS) is 39.9. The summed E-state index contributed by atoms with van der Waals surface area (Å²) in [5, 5.41) is 9.24. The van der Waals surface area contributed by atoms with Gasteiger partial charge in [-0.15, -0.1) is 0 Å². The van der Waals surface area contributed by atoms with E-state index in [2.05, 4.69) is 20.8 Å². The highest BCUT2D eigenvalue weighted by Gasteiger charge is 2.61. The third kappa shape index (κ3) is 1.27. The van der Waals surface area contributed by atoms with Crippen LogP contribution in [0.15, 0.2) is 0 Å². The zero-order valence-corrected chi connectivity index (χ0v) is 9.66. The standard InChI is InChI=1S/C11H20N2O2/c1-10(2,3)11-4-7(8(12)5-11)6-13(11)9(14)15/h7-8H,4-6,12H2,1-3H3,(H,14,15)/t7-,8-,11-/m1/s1. The molecule has 86 valence electrons. The summed E-state index contributed by atoms with van der Waals surface area (Å²) in [5.41, 5.74) is 5.78. The molecular weight excluding hydrogens is 192 g/mol. The molecule has 4 nitrogen and oxygen atoms in total. The summed E-state index contributed by atoms with van der Waals surface area (Å²) < 4.78 is 0. The molecule has 2 bridgehead atoms. The first-order valence-corrected chi connectivity index (χ1v) is 5.54. The van der Waals surface area contributed by atoms with Gasteiger partial charge in [-0.3, -0.25) is 0 Å². The molecule has 1 aliphatic heterocycles. The first-order valence-electron chi connectivity index (χ1n) is 5.54. The molecule has 2 fully saturated rings. The van der Waals surface area contributed by atoms with Gasteiger partial charge in [-0.25, -0.2) is 4.79 Å². The van der Waals surface area contributed by atoms with E-state index in [1.165, 1.54) is 0 Å². The van der Waals surface area contributed by atoms with Crippen molar-refractivity contribution in [1.29, 1.82) is 0 Å². The van der Waals surface area contributed by atoms with Crippen LogP contribution in [0.4, 0.5) is 4.79 Å². The Labute approximate surface area is 90.4 Å². The second-order valence-corrected chi connectivity index (χ2v) is 6.01. The van der Waals surface area contributed by atoms with Crippen LogP contribution >= 0.6 is 0 Å². The molecule has 2 aliphatic rings. The number of carboxylic acid groups (broad SMARTS) is 1. The highest BCUT2D eigenvalue weighted by atomic mass is 16.4. The number of hydrogen-bond acceptors (Lipinski definition) is 2. The molecule has 1 amide bonds. The van der Waals surface area contributed by atoms with Crippen molar-refractivity contribution in [2.45, 2.75) is 45.2 Å². The zero-order chi connectivity index (χ0) is 11.4. The number of piperidine rings is 1. The summed E-state index contributed by atoms with van der Waals surface area (Å²) >= 11 is 0. The summed E-state index contributed by atoms with van der Waals surface area (Å²) in [7, 11) is 0. The average Bonchev–Trinajstić information content (AvgIpc) is 2.57. The molecule has 0 aromatic heterocycles. The Morgan fingerprint density at radius 1 is 1.47 bits per heavy atom. The maximum absolute atomic E-state index is 11.2. The Hall–Kier alpha value is -0.770. The number of carbonyl (C=O) groups is 1. The fraction of sp³-hybridized carbons (Fsp3) is 0.909. The van der Waals surface area contributed by atoms with E-state index in [1.807, 2.05) is 0 Å². The molecule has 3 atom stereocenters. The lowest BCUT2D eigenvalue weighted by atomic mass is 9.72. The van der Waals surface area contributed by atoms with Crippen LogP contribution in [0.3, 0.4) is 0 Å². The molecule has 1 saturated heterocycles. The van der Waals surface area contributed by atoms with Crippen molar-refractivity contribution < 1.29 is 9.90 Å². The van der Waals surface area contributed by atoms with Crippen LogP contribution < -0.4 is 5.73 Å². The molecule has 0 radical (unpaired) electrons. The van der Waals surface area contributed by atoms with Crippen molar-refractivity contribution >= 4 is 6.09 Å². The van der Waals surface area contributed by atoms with Crippen LogP contribution in [0.25, 0.3) is 0 Å². The van der Waals surface area contributed by atoms with Crippen molar-refractivity contribution in [3.05, 3.63) is 0 Å². The predicted molar refractivity (Wildman–Crippen MR) is 57.6 cm³/mol. The van der Waals surface area contributed by atoms with Crippen LogP contribution in [0.1, 0.15) is 33.6 Å². The number of likely N-dealkylation sites (tertiary alicyclic amines) is 1. The third-order valence-electron chi connectivity index (χ3n) is 4.34. The summed E-state index contributed by atoms with van der Waals surface area (Å²) in [5.74, 6) is 0.361. The number of rotatable bonds is 0. The number of hydrogen-bond donors (Lipinski definition) is 2. The van der Waals surface area contributed by atoms with E-state index in [9.17, 15) is 9.90 Å². The average molecular weight is 212 g/mol. The molecule has 4 heteroatoms. The van der Waals surface area contributed by atoms with Gasteiger partial charge in [0, 0.05) is 12.6 Å². The molecule has 3 N–H and O–H groups in total. The van der Waals surface area contributed by atoms with Gasteiger partial charge in [0.1, 0.15) is 0 Å². The van der Waals surface area contributed by atoms with Crippen molar-refractivity contribution in [3.8, 4) is 0 Å². The largest absolute Gasteiger partial charge is 0.465 e. The van der Waals surface area contributed by atoms with Gasteiger partial charge in [-0.05, 0) is 24.2 Å². The minimum absolute atomic E-state index is 0.0335. The van der Waals surface area contributed by atoms with E-state index >= 15 is 0 Å². The van der Waals surface area contributed by atoms with Crippen LogP contribution in [-0.2, 0) is 0 Å². The first-order chi connectivity index (χ1) is 6.78. The molecule has 2 rings (SSSR count). The van der Waals surface area contributed by atoms with Gasteiger partial charge in [0.25, 0.3) is 0 Å². The summed E-state index contributed by atoms with van der Waals surface area (Å²) in [6.07, 6.45) is 0.955. The maximum Gasteiger partial charge on any atom is 0.407 e. The van der Waals surface area contributed by atoms with Crippen LogP contribution in [0.2, 0.25) is 0 Å². The number of nitrogens with zero attached hydrogens (tertiary/aromatic N) is 1.